The van der Waals surface area contributed by atoms with Crippen LogP contribution in [0, 0.1) is 5.41 Å². The van der Waals surface area contributed by atoms with Crippen molar-refractivity contribution in [2.24, 2.45) is 10.4 Å². The van der Waals surface area contributed by atoms with Gasteiger partial charge in [-0.2, -0.15) is 0 Å². The molecule has 0 N–H and O–H groups in total. The van der Waals surface area contributed by atoms with Gasteiger partial charge in [0.1, 0.15) is 0 Å². The van der Waals surface area contributed by atoms with Gasteiger partial charge in [0, 0.05) is 5.71 Å². The van der Waals surface area contributed by atoms with E-state index < -0.39 is 0 Å². The SMILES string of the molecule is CC(/C=C(/C)C(C)(C)C)=NC(C)(C)C. The van der Waals surface area contributed by atoms with Crippen LogP contribution in [0.4, 0.5) is 0 Å². The summed E-state index contributed by atoms with van der Waals surface area (Å²) in [6.07, 6.45) is 2.19. The van der Waals surface area contributed by atoms with Gasteiger partial charge in [0.25, 0.3) is 0 Å². The minimum atomic E-state index is 0.0265. The molecule has 0 aliphatic rings. The molecule has 0 bridgehead atoms. The van der Waals surface area contributed by atoms with E-state index in [0.717, 1.165) is 5.71 Å². The lowest BCUT2D eigenvalue weighted by Gasteiger charge is -2.20. The van der Waals surface area contributed by atoms with E-state index in [1.54, 1.807) is 0 Å². The second kappa shape index (κ2) is 4.29. The minimum Gasteiger partial charge on any atom is -0.284 e. The van der Waals surface area contributed by atoms with Crippen LogP contribution in [0.15, 0.2) is 16.6 Å². The van der Waals surface area contributed by atoms with Crippen molar-refractivity contribution in [1.82, 2.24) is 0 Å². The Labute approximate surface area is 89.3 Å². The van der Waals surface area contributed by atoms with Gasteiger partial charge in [-0.25, -0.2) is 0 Å². The summed E-state index contributed by atoms with van der Waals surface area (Å²) >= 11 is 0. The quantitative estimate of drug-likeness (QED) is 0.555. The first-order chi connectivity index (χ1) is 6.02. The largest absolute Gasteiger partial charge is 0.284 e. The number of allylic oxidation sites excluding steroid dienone is 2. The van der Waals surface area contributed by atoms with Crippen molar-refractivity contribution in [2.45, 2.75) is 60.9 Å². The molecule has 0 heterocycles. The number of rotatable bonds is 1. The summed E-state index contributed by atoms with van der Waals surface area (Å²) in [5.41, 5.74) is 2.76. The predicted molar refractivity (Wildman–Crippen MR) is 66.1 cm³/mol. The average Bonchev–Trinajstić information content (AvgIpc) is 1.79. The standard InChI is InChI=1S/C13H25N/c1-10(12(3,4)5)9-11(2)14-13(6,7)8/h9H,1-8H3/b10-9-,14-11?. The Bertz CT molecular complexity index is 243. The van der Waals surface area contributed by atoms with E-state index in [4.69, 9.17) is 0 Å². The maximum Gasteiger partial charge on any atom is 0.0527 e. The van der Waals surface area contributed by atoms with Crippen molar-refractivity contribution in [3.8, 4) is 0 Å². The molecule has 0 unspecified atom stereocenters. The molecule has 0 fully saturated rings. The molecule has 14 heavy (non-hydrogen) atoms. The average molecular weight is 195 g/mol. The highest BCUT2D eigenvalue weighted by molar-refractivity contribution is 5.93. The first-order valence-electron chi connectivity index (χ1n) is 5.27. The Balaban J connectivity index is 4.77. The van der Waals surface area contributed by atoms with E-state index in [-0.39, 0.29) is 11.0 Å². The summed E-state index contributed by atoms with van der Waals surface area (Å²) in [7, 11) is 0. The molecular formula is C13H25N. The topological polar surface area (TPSA) is 12.4 Å². The van der Waals surface area contributed by atoms with E-state index >= 15 is 0 Å². The highest BCUT2D eigenvalue weighted by atomic mass is 14.8. The van der Waals surface area contributed by atoms with E-state index in [1.165, 1.54) is 5.57 Å². The second-order valence-electron chi connectivity index (χ2n) is 6.00. The van der Waals surface area contributed by atoms with Crippen LogP contribution in [0.3, 0.4) is 0 Å². The Morgan fingerprint density at radius 2 is 1.36 bits per heavy atom. The molecule has 1 nitrogen and oxygen atoms in total. The molecule has 0 aromatic carbocycles. The monoisotopic (exact) mass is 195 g/mol. The lowest BCUT2D eigenvalue weighted by atomic mass is 9.87. The van der Waals surface area contributed by atoms with Crippen molar-refractivity contribution < 1.29 is 0 Å². The molecule has 0 amide bonds. The zero-order valence-corrected chi connectivity index (χ0v) is 11.0. The molecule has 82 valence electrons. The molecule has 0 aromatic heterocycles. The van der Waals surface area contributed by atoms with Gasteiger partial charge in [0.2, 0.25) is 0 Å². The number of aliphatic imine (C=N–C) groups is 1. The Morgan fingerprint density at radius 3 is 1.64 bits per heavy atom. The van der Waals surface area contributed by atoms with Gasteiger partial charge in [-0.05, 0) is 46.1 Å². The smallest absolute Gasteiger partial charge is 0.0527 e. The molecule has 1 heteroatoms. The van der Waals surface area contributed by atoms with Crippen LogP contribution in [0.25, 0.3) is 0 Å². The summed E-state index contributed by atoms with van der Waals surface area (Å²) in [6.45, 7) is 17.3. The van der Waals surface area contributed by atoms with Crippen LogP contribution in [0.5, 0.6) is 0 Å². The van der Waals surface area contributed by atoms with E-state index in [1.807, 2.05) is 0 Å². The fourth-order valence-electron chi connectivity index (χ4n) is 1.09. The van der Waals surface area contributed by atoms with Crippen molar-refractivity contribution in [3.05, 3.63) is 11.6 Å². The highest BCUT2D eigenvalue weighted by Crippen LogP contribution is 2.24. The molecule has 0 aromatic rings. The normalized spacial score (nSPS) is 16.0. The Kier molecular flexibility index (Phi) is 4.11. The fraction of sp³-hybridized carbons (Fsp3) is 0.769. The van der Waals surface area contributed by atoms with Crippen LogP contribution in [0.2, 0.25) is 0 Å². The third-order valence-electron chi connectivity index (χ3n) is 2.12. The zero-order valence-electron chi connectivity index (χ0n) is 11.0. The van der Waals surface area contributed by atoms with Crippen molar-refractivity contribution >= 4 is 5.71 Å². The van der Waals surface area contributed by atoms with Crippen LogP contribution in [-0.4, -0.2) is 11.3 Å². The van der Waals surface area contributed by atoms with Crippen molar-refractivity contribution in [1.29, 1.82) is 0 Å². The van der Waals surface area contributed by atoms with E-state index in [2.05, 4.69) is 66.5 Å². The summed E-state index contributed by atoms with van der Waals surface area (Å²) < 4.78 is 0. The lowest BCUT2D eigenvalue weighted by Crippen LogP contribution is -2.13. The number of hydrogen-bond acceptors (Lipinski definition) is 1. The molecular weight excluding hydrogens is 170 g/mol. The van der Waals surface area contributed by atoms with Gasteiger partial charge in [-0.1, -0.05) is 26.3 Å². The minimum absolute atomic E-state index is 0.0265. The summed E-state index contributed by atoms with van der Waals surface area (Å²) in [4.78, 5) is 4.60. The Morgan fingerprint density at radius 1 is 0.929 bits per heavy atom. The van der Waals surface area contributed by atoms with Gasteiger partial charge >= 0.3 is 0 Å². The summed E-state index contributed by atoms with van der Waals surface area (Å²) in [6, 6.07) is 0. The van der Waals surface area contributed by atoms with Crippen LogP contribution in [-0.2, 0) is 0 Å². The lowest BCUT2D eigenvalue weighted by molar-refractivity contribution is 0.504. The highest BCUT2D eigenvalue weighted by Gasteiger charge is 2.13. The van der Waals surface area contributed by atoms with Gasteiger partial charge < -0.3 is 0 Å². The zero-order chi connectivity index (χ0) is 11.6. The molecule has 0 radical (unpaired) electrons. The third-order valence-corrected chi connectivity index (χ3v) is 2.12. The maximum atomic E-state index is 4.60. The third kappa shape index (κ3) is 5.95. The van der Waals surface area contributed by atoms with E-state index in [0.29, 0.717) is 0 Å². The van der Waals surface area contributed by atoms with E-state index in [9.17, 15) is 0 Å². The van der Waals surface area contributed by atoms with Crippen molar-refractivity contribution in [2.75, 3.05) is 0 Å². The fourth-order valence-corrected chi connectivity index (χ4v) is 1.09. The second-order valence-corrected chi connectivity index (χ2v) is 6.00. The molecule has 0 saturated carbocycles. The van der Waals surface area contributed by atoms with Crippen molar-refractivity contribution in [3.63, 3.8) is 0 Å². The first kappa shape index (κ1) is 13.4. The Hall–Kier alpha value is -0.590. The van der Waals surface area contributed by atoms with Gasteiger partial charge in [0.05, 0.1) is 5.54 Å². The summed E-state index contributed by atoms with van der Waals surface area (Å²) in [5.74, 6) is 0. The number of hydrogen-bond donors (Lipinski definition) is 0. The molecule has 0 aliphatic heterocycles. The number of nitrogens with zero attached hydrogens (tertiary/aromatic N) is 1. The van der Waals surface area contributed by atoms with Crippen LogP contribution in [0.1, 0.15) is 55.4 Å². The molecule has 0 spiro atoms. The maximum absolute atomic E-state index is 4.60. The first-order valence-corrected chi connectivity index (χ1v) is 5.27. The van der Waals surface area contributed by atoms with Gasteiger partial charge in [-0.15, -0.1) is 0 Å². The van der Waals surface area contributed by atoms with Crippen LogP contribution < -0.4 is 0 Å². The van der Waals surface area contributed by atoms with Gasteiger partial charge in [-0.3, -0.25) is 4.99 Å². The molecule has 0 aliphatic carbocycles. The summed E-state index contributed by atoms with van der Waals surface area (Å²) in [5, 5.41) is 0. The predicted octanol–water partition coefficient (Wildman–Crippen LogP) is 4.24. The molecule has 0 atom stereocenters. The van der Waals surface area contributed by atoms with Gasteiger partial charge in [0.15, 0.2) is 0 Å². The molecule has 0 rings (SSSR count). The van der Waals surface area contributed by atoms with Crippen LogP contribution >= 0.6 is 0 Å². The molecule has 0 saturated heterocycles.